The molecular formula is C17H26N2O2. The van der Waals surface area contributed by atoms with E-state index in [1.54, 1.807) is 7.11 Å². The van der Waals surface area contributed by atoms with Crippen LogP contribution in [0, 0.1) is 0 Å². The molecule has 116 valence electrons. The summed E-state index contributed by atoms with van der Waals surface area (Å²) in [5.74, 6) is 1.61. The molecule has 4 heteroatoms. The van der Waals surface area contributed by atoms with Crippen molar-refractivity contribution in [3.8, 4) is 11.5 Å². The smallest absolute Gasteiger partial charge is 0.161 e. The van der Waals surface area contributed by atoms with Gasteiger partial charge >= 0.3 is 0 Å². The Bertz CT molecular complexity index is 456. The van der Waals surface area contributed by atoms with Crippen molar-refractivity contribution < 1.29 is 9.47 Å². The van der Waals surface area contributed by atoms with Crippen LogP contribution in [0.2, 0.25) is 0 Å². The van der Waals surface area contributed by atoms with E-state index in [0.29, 0.717) is 12.6 Å². The first-order valence-electron chi connectivity index (χ1n) is 7.66. The van der Waals surface area contributed by atoms with Gasteiger partial charge in [-0.05, 0) is 31.0 Å². The van der Waals surface area contributed by atoms with Crippen LogP contribution in [-0.2, 0) is 0 Å². The average Bonchev–Trinajstić information content (AvgIpc) is 2.54. The molecule has 1 aliphatic heterocycles. The van der Waals surface area contributed by atoms with Gasteiger partial charge in [0.15, 0.2) is 11.5 Å². The van der Waals surface area contributed by atoms with Crippen molar-refractivity contribution in [3.63, 3.8) is 0 Å². The molecule has 4 nitrogen and oxygen atoms in total. The lowest BCUT2D eigenvalue weighted by Gasteiger charge is -2.35. The monoisotopic (exact) mass is 290 g/mol. The van der Waals surface area contributed by atoms with Crippen molar-refractivity contribution in [2.45, 2.75) is 19.4 Å². The molecule has 0 unspecified atom stereocenters. The van der Waals surface area contributed by atoms with Gasteiger partial charge in [-0.1, -0.05) is 12.1 Å². The van der Waals surface area contributed by atoms with Crippen molar-refractivity contribution in [2.24, 2.45) is 0 Å². The Labute approximate surface area is 127 Å². The maximum absolute atomic E-state index is 5.70. The predicted octanol–water partition coefficient (Wildman–Crippen LogP) is 2.62. The van der Waals surface area contributed by atoms with Crippen molar-refractivity contribution in [1.29, 1.82) is 0 Å². The molecule has 0 aliphatic carbocycles. The third-order valence-electron chi connectivity index (χ3n) is 3.85. The first kappa shape index (κ1) is 15.9. The molecule has 0 spiro atoms. The van der Waals surface area contributed by atoms with Gasteiger partial charge in [0, 0.05) is 32.2 Å². The number of nitrogens with zero attached hydrogens (tertiary/aromatic N) is 1. The molecule has 21 heavy (non-hydrogen) atoms. The van der Waals surface area contributed by atoms with Crippen LogP contribution in [0.3, 0.4) is 0 Å². The van der Waals surface area contributed by atoms with Crippen LogP contribution in [0.25, 0.3) is 0 Å². The number of benzene rings is 1. The van der Waals surface area contributed by atoms with E-state index in [0.717, 1.165) is 44.1 Å². The van der Waals surface area contributed by atoms with Crippen LogP contribution in [-0.4, -0.2) is 44.8 Å². The molecule has 0 bridgehead atoms. The normalized spacial score (nSPS) is 17.2. The van der Waals surface area contributed by atoms with Gasteiger partial charge in [0.2, 0.25) is 0 Å². The molecule has 1 N–H and O–H groups in total. The fourth-order valence-corrected chi connectivity index (χ4v) is 2.82. The van der Waals surface area contributed by atoms with E-state index in [1.807, 2.05) is 19.1 Å². The number of hydrogen-bond donors (Lipinski definition) is 1. The van der Waals surface area contributed by atoms with Crippen LogP contribution in [0.15, 0.2) is 30.9 Å². The van der Waals surface area contributed by atoms with E-state index in [-0.39, 0.29) is 0 Å². The highest BCUT2D eigenvalue weighted by molar-refractivity contribution is 5.44. The Kier molecular flexibility index (Phi) is 6.08. The number of nitrogens with one attached hydrogen (secondary N) is 1. The Morgan fingerprint density at radius 1 is 1.33 bits per heavy atom. The van der Waals surface area contributed by atoms with Crippen LogP contribution >= 0.6 is 0 Å². The minimum atomic E-state index is 0.356. The maximum atomic E-state index is 5.70. The number of ether oxygens (including phenoxy) is 2. The molecule has 0 aromatic heterocycles. The van der Waals surface area contributed by atoms with Crippen molar-refractivity contribution in [1.82, 2.24) is 10.2 Å². The summed E-state index contributed by atoms with van der Waals surface area (Å²) in [6.45, 7) is 10.8. The van der Waals surface area contributed by atoms with E-state index >= 15 is 0 Å². The fraction of sp³-hybridized carbons (Fsp3) is 0.529. The highest BCUT2D eigenvalue weighted by atomic mass is 16.5. The van der Waals surface area contributed by atoms with E-state index in [2.05, 4.69) is 28.9 Å². The SMILES string of the molecule is C=CC[C@H](c1ccc(OC)c(OCC)c1)N1CCNCC1. The zero-order valence-electron chi connectivity index (χ0n) is 13.1. The minimum absolute atomic E-state index is 0.356. The fourth-order valence-electron chi connectivity index (χ4n) is 2.82. The minimum Gasteiger partial charge on any atom is -0.493 e. The largest absolute Gasteiger partial charge is 0.493 e. The Morgan fingerprint density at radius 2 is 2.10 bits per heavy atom. The highest BCUT2D eigenvalue weighted by Gasteiger charge is 2.22. The summed E-state index contributed by atoms with van der Waals surface area (Å²) >= 11 is 0. The van der Waals surface area contributed by atoms with E-state index in [9.17, 15) is 0 Å². The number of rotatable bonds is 7. The number of methoxy groups -OCH3 is 1. The second kappa shape index (κ2) is 8.05. The van der Waals surface area contributed by atoms with Gasteiger partial charge in [-0.3, -0.25) is 4.90 Å². The topological polar surface area (TPSA) is 33.7 Å². The molecule has 1 aromatic carbocycles. The molecule has 0 saturated carbocycles. The molecule has 1 heterocycles. The molecular weight excluding hydrogens is 264 g/mol. The third-order valence-corrected chi connectivity index (χ3v) is 3.85. The molecule has 1 atom stereocenters. The van der Waals surface area contributed by atoms with E-state index < -0.39 is 0 Å². The number of hydrogen-bond acceptors (Lipinski definition) is 4. The summed E-state index contributed by atoms with van der Waals surface area (Å²) in [4.78, 5) is 2.51. The third kappa shape index (κ3) is 3.99. The Hall–Kier alpha value is -1.52. The zero-order chi connectivity index (χ0) is 15.1. The van der Waals surface area contributed by atoms with Gasteiger partial charge in [0.1, 0.15) is 0 Å². The maximum Gasteiger partial charge on any atom is 0.161 e. The second-order valence-corrected chi connectivity index (χ2v) is 5.17. The summed E-state index contributed by atoms with van der Waals surface area (Å²) in [7, 11) is 1.68. The average molecular weight is 290 g/mol. The van der Waals surface area contributed by atoms with Gasteiger partial charge in [0.25, 0.3) is 0 Å². The summed E-state index contributed by atoms with van der Waals surface area (Å²) in [6, 6.07) is 6.60. The standard InChI is InChI=1S/C17H26N2O2/c1-4-6-15(19-11-9-18-10-12-19)14-7-8-16(20-3)17(13-14)21-5-2/h4,7-8,13,15,18H,1,5-6,9-12H2,2-3H3/t15-/m1/s1. The van der Waals surface area contributed by atoms with Gasteiger partial charge in [0.05, 0.1) is 13.7 Å². The summed E-state index contributed by atoms with van der Waals surface area (Å²) in [6.07, 6.45) is 2.94. The van der Waals surface area contributed by atoms with E-state index in [1.165, 1.54) is 5.56 Å². The van der Waals surface area contributed by atoms with Gasteiger partial charge in [-0.25, -0.2) is 0 Å². The molecule has 2 rings (SSSR count). The van der Waals surface area contributed by atoms with Gasteiger partial charge in [-0.15, -0.1) is 6.58 Å². The predicted molar refractivity (Wildman–Crippen MR) is 86.2 cm³/mol. The Balaban J connectivity index is 2.26. The molecule has 0 amide bonds. The van der Waals surface area contributed by atoms with Crippen molar-refractivity contribution in [3.05, 3.63) is 36.4 Å². The zero-order valence-corrected chi connectivity index (χ0v) is 13.1. The van der Waals surface area contributed by atoms with Crippen LogP contribution in [0.4, 0.5) is 0 Å². The number of piperazine rings is 1. The molecule has 1 aromatic rings. The van der Waals surface area contributed by atoms with E-state index in [4.69, 9.17) is 9.47 Å². The molecule has 1 fully saturated rings. The quantitative estimate of drug-likeness (QED) is 0.783. The van der Waals surface area contributed by atoms with Crippen molar-refractivity contribution >= 4 is 0 Å². The summed E-state index contributed by atoms with van der Waals surface area (Å²) in [5, 5.41) is 3.40. The second-order valence-electron chi connectivity index (χ2n) is 5.17. The molecule has 1 aliphatic rings. The lowest BCUT2D eigenvalue weighted by Crippen LogP contribution is -2.45. The summed E-state index contributed by atoms with van der Waals surface area (Å²) in [5.41, 5.74) is 1.26. The first-order chi connectivity index (χ1) is 10.3. The lowest BCUT2D eigenvalue weighted by atomic mass is 10.0. The van der Waals surface area contributed by atoms with Crippen LogP contribution < -0.4 is 14.8 Å². The first-order valence-corrected chi connectivity index (χ1v) is 7.66. The van der Waals surface area contributed by atoms with Crippen LogP contribution in [0.1, 0.15) is 24.9 Å². The Morgan fingerprint density at radius 3 is 2.71 bits per heavy atom. The summed E-state index contributed by atoms with van der Waals surface area (Å²) < 4.78 is 11.1. The molecule has 1 saturated heterocycles. The highest BCUT2D eigenvalue weighted by Crippen LogP contribution is 2.33. The van der Waals surface area contributed by atoms with Gasteiger partial charge in [-0.2, -0.15) is 0 Å². The van der Waals surface area contributed by atoms with Crippen molar-refractivity contribution in [2.75, 3.05) is 39.9 Å². The molecule has 0 radical (unpaired) electrons. The van der Waals surface area contributed by atoms with Gasteiger partial charge < -0.3 is 14.8 Å². The lowest BCUT2D eigenvalue weighted by molar-refractivity contribution is 0.174. The van der Waals surface area contributed by atoms with Crippen LogP contribution in [0.5, 0.6) is 11.5 Å².